The maximum atomic E-state index is 11.9. The highest BCUT2D eigenvalue weighted by atomic mass is 32.2. The zero-order valence-electron chi connectivity index (χ0n) is 16.6. The molecule has 4 unspecified atom stereocenters. The number of benzene rings is 1. The molecule has 1 fully saturated rings. The molecule has 1 aliphatic heterocycles. The van der Waals surface area contributed by atoms with E-state index in [0.29, 0.717) is 25.1 Å². The molecule has 0 spiro atoms. The van der Waals surface area contributed by atoms with E-state index < -0.39 is 23.7 Å². The largest absolute Gasteiger partial charge is 0.390 e. The average Bonchev–Trinajstić information content (AvgIpc) is 2.71. The van der Waals surface area contributed by atoms with Crippen LogP contribution in [0, 0.1) is 12.3 Å². The second-order valence-electron chi connectivity index (χ2n) is 6.99. The van der Waals surface area contributed by atoms with Gasteiger partial charge in [-0.1, -0.05) is 17.0 Å². The fourth-order valence-electron chi connectivity index (χ4n) is 2.94. The van der Waals surface area contributed by atoms with Crippen LogP contribution in [0.1, 0.15) is 32.1 Å². The van der Waals surface area contributed by atoms with Crippen molar-refractivity contribution in [2.45, 2.75) is 60.7 Å². The molecule has 2 amide bonds. The minimum absolute atomic E-state index is 0.0305. The van der Waals surface area contributed by atoms with E-state index in [1.165, 1.54) is 11.8 Å². The normalized spacial score (nSPS) is 23.7. The third kappa shape index (κ3) is 8.49. The molecule has 1 saturated heterocycles. The Balaban J connectivity index is 1.82. The number of nitrogens with zero attached hydrogens (tertiary/aromatic N) is 1. The molecule has 0 bridgehead atoms. The van der Waals surface area contributed by atoms with Crippen molar-refractivity contribution >= 4 is 23.5 Å². The lowest BCUT2D eigenvalue weighted by molar-refractivity contribution is -0.309. The minimum atomic E-state index is -1.07. The van der Waals surface area contributed by atoms with Crippen molar-refractivity contribution in [1.29, 1.82) is 0 Å². The summed E-state index contributed by atoms with van der Waals surface area (Å²) >= 11 is 1.25. The Morgan fingerprint density at radius 2 is 2.00 bits per heavy atom. The van der Waals surface area contributed by atoms with E-state index in [9.17, 15) is 15.0 Å². The Kier molecular flexibility index (Phi) is 10.4. The van der Waals surface area contributed by atoms with E-state index in [1.54, 1.807) is 24.3 Å². The fraction of sp³-hybridized carbons (Fsp3) is 0.550. The summed E-state index contributed by atoms with van der Waals surface area (Å²) in [7, 11) is 0. The zero-order valence-corrected chi connectivity index (χ0v) is 17.4. The molecule has 1 aliphatic rings. The van der Waals surface area contributed by atoms with E-state index >= 15 is 0 Å². The van der Waals surface area contributed by atoms with Crippen LogP contribution in [-0.4, -0.2) is 68.7 Å². The number of hydrogen-bond acceptors (Lipinski definition) is 8. The van der Waals surface area contributed by atoms with Gasteiger partial charge in [-0.05, 0) is 43.5 Å². The molecular weight excluding hydrogens is 410 g/mol. The predicted molar refractivity (Wildman–Crippen MR) is 112 cm³/mol. The van der Waals surface area contributed by atoms with Gasteiger partial charge in [0.15, 0.2) is 0 Å². The Morgan fingerprint density at radius 3 is 2.67 bits per heavy atom. The van der Waals surface area contributed by atoms with Crippen LogP contribution in [0.25, 0.3) is 0 Å². The topological polar surface area (TPSA) is 135 Å². The van der Waals surface area contributed by atoms with Gasteiger partial charge < -0.3 is 25.6 Å². The first-order valence-electron chi connectivity index (χ1n) is 9.81. The highest BCUT2D eigenvalue weighted by molar-refractivity contribution is 7.99. The molecule has 1 aromatic rings. The molecule has 4 atom stereocenters. The highest BCUT2D eigenvalue weighted by Crippen LogP contribution is 2.34. The monoisotopic (exact) mass is 439 g/mol. The Morgan fingerprint density at radius 1 is 1.27 bits per heavy atom. The first-order chi connectivity index (χ1) is 14.4. The number of hydrogen-bond donors (Lipinski definition) is 6. The maximum Gasteiger partial charge on any atom is 0.319 e. The maximum absolute atomic E-state index is 11.9. The van der Waals surface area contributed by atoms with Crippen LogP contribution < -0.4 is 10.6 Å². The average molecular weight is 440 g/mol. The fourth-order valence-corrected chi connectivity index (χ4v) is 4.03. The number of carbonyl (C=O) groups is 1. The number of carbonyl (C=O) groups excluding carboxylic acids is 1. The van der Waals surface area contributed by atoms with Crippen LogP contribution in [0.4, 0.5) is 10.5 Å². The van der Waals surface area contributed by atoms with Crippen molar-refractivity contribution in [3.8, 4) is 12.3 Å². The lowest BCUT2D eigenvalue weighted by Gasteiger charge is -2.37. The summed E-state index contributed by atoms with van der Waals surface area (Å²) in [5.74, 6) is 2.56. The van der Waals surface area contributed by atoms with Gasteiger partial charge in [0.2, 0.25) is 0 Å². The Hall–Kier alpha value is -1.84. The van der Waals surface area contributed by atoms with Gasteiger partial charge in [-0.25, -0.2) is 4.79 Å². The second kappa shape index (κ2) is 12.8. The van der Waals surface area contributed by atoms with Crippen molar-refractivity contribution in [1.82, 2.24) is 10.5 Å². The number of thioether (sulfide) groups is 1. The van der Waals surface area contributed by atoms with Gasteiger partial charge in [0.1, 0.15) is 11.5 Å². The number of amides is 2. The van der Waals surface area contributed by atoms with E-state index in [1.807, 2.05) is 0 Å². The summed E-state index contributed by atoms with van der Waals surface area (Å²) in [4.78, 5) is 12.7. The lowest BCUT2D eigenvalue weighted by atomic mass is 10.0. The van der Waals surface area contributed by atoms with Crippen LogP contribution >= 0.6 is 11.8 Å². The molecule has 6 N–H and O–H groups in total. The molecule has 1 heterocycles. The third-order valence-electron chi connectivity index (χ3n) is 4.55. The molecule has 0 radical (unpaired) electrons. The second-order valence-corrected chi connectivity index (χ2v) is 8.16. The summed E-state index contributed by atoms with van der Waals surface area (Å²) in [6.07, 6.45) is 5.64. The van der Waals surface area contributed by atoms with Crippen LogP contribution in [0.5, 0.6) is 0 Å². The van der Waals surface area contributed by atoms with Gasteiger partial charge in [0.05, 0.1) is 18.8 Å². The predicted octanol–water partition coefficient (Wildman–Crippen LogP) is 2.01. The van der Waals surface area contributed by atoms with Crippen molar-refractivity contribution in [3.05, 3.63) is 24.3 Å². The third-order valence-corrected chi connectivity index (χ3v) is 5.72. The van der Waals surface area contributed by atoms with E-state index in [0.717, 1.165) is 17.7 Å². The number of hydroxylamine groups is 2. The summed E-state index contributed by atoms with van der Waals surface area (Å²) in [5.41, 5.74) is -0.0795. The number of aliphatic hydroxyl groups excluding tert-OH is 2. The van der Waals surface area contributed by atoms with Gasteiger partial charge in [-0.2, -0.15) is 0 Å². The molecule has 166 valence electrons. The minimum Gasteiger partial charge on any atom is -0.390 e. The Labute approximate surface area is 180 Å². The van der Waals surface area contributed by atoms with Crippen molar-refractivity contribution in [2.75, 3.05) is 18.4 Å². The van der Waals surface area contributed by atoms with Gasteiger partial charge in [-0.3, -0.25) is 10.4 Å². The number of nitrogens with one attached hydrogen (secondary N) is 2. The smallest absolute Gasteiger partial charge is 0.319 e. The Bertz CT molecular complexity index is 697. The van der Waals surface area contributed by atoms with Crippen LogP contribution in [0.15, 0.2) is 29.2 Å². The first-order valence-corrected chi connectivity index (χ1v) is 10.7. The molecule has 2 rings (SSSR count). The van der Waals surface area contributed by atoms with Crippen molar-refractivity contribution in [2.24, 2.45) is 0 Å². The molecule has 0 aliphatic carbocycles. The molecular formula is C20H29N3O6S. The standard InChI is InChI=1S/C20H29N3O6S/c1-2-3-4-5-11-21-20(26)22-14-6-8-16(9-7-14)30-19-18(25)17(24)13-15(29-19)10-12-23(27)28/h1,6-9,15,17-19,24-25,27-28H,3-5,10-13H2,(H2,21,22,26). The summed E-state index contributed by atoms with van der Waals surface area (Å²) in [6, 6.07) is 6.73. The quantitative estimate of drug-likeness (QED) is 0.185. The molecule has 0 aromatic heterocycles. The summed E-state index contributed by atoms with van der Waals surface area (Å²) in [6.45, 7) is 0.517. The van der Waals surface area contributed by atoms with E-state index in [-0.39, 0.29) is 24.2 Å². The lowest BCUT2D eigenvalue weighted by Crippen LogP contribution is -2.47. The highest BCUT2D eigenvalue weighted by Gasteiger charge is 2.37. The molecule has 30 heavy (non-hydrogen) atoms. The number of urea groups is 1. The summed E-state index contributed by atoms with van der Waals surface area (Å²) < 4.78 is 5.80. The van der Waals surface area contributed by atoms with Gasteiger partial charge in [-0.15, -0.1) is 12.3 Å². The number of unbranched alkanes of at least 4 members (excludes halogenated alkanes) is 2. The van der Waals surface area contributed by atoms with E-state index in [4.69, 9.17) is 21.6 Å². The SMILES string of the molecule is C#CCCCCNC(=O)Nc1ccc(SC2OC(CCN(O)O)CC(O)C2O)cc1. The number of aliphatic hydroxyl groups is 2. The van der Waals surface area contributed by atoms with Crippen molar-refractivity contribution in [3.63, 3.8) is 0 Å². The molecule has 1 aromatic carbocycles. The van der Waals surface area contributed by atoms with Crippen LogP contribution in [0.3, 0.4) is 0 Å². The molecule has 10 heteroatoms. The van der Waals surface area contributed by atoms with Crippen LogP contribution in [0.2, 0.25) is 0 Å². The number of anilines is 1. The molecule has 9 nitrogen and oxygen atoms in total. The number of terminal acetylenes is 1. The number of rotatable bonds is 10. The molecule has 0 saturated carbocycles. The van der Waals surface area contributed by atoms with Crippen molar-refractivity contribution < 1.29 is 30.2 Å². The number of ether oxygens (including phenoxy) is 1. The van der Waals surface area contributed by atoms with E-state index in [2.05, 4.69) is 16.6 Å². The van der Waals surface area contributed by atoms with Crippen LogP contribution in [-0.2, 0) is 4.74 Å². The van der Waals surface area contributed by atoms with Gasteiger partial charge >= 0.3 is 6.03 Å². The first kappa shape index (κ1) is 24.4. The zero-order chi connectivity index (χ0) is 21.9. The van der Waals surface area contributed by atoms with Gasteiger partial charge in [0.25, 0.3) is 0 Å². The summed E-state index contributed by atoms with van der Waals surface area (Å²) in [5, 5.41) is 43.6. The van der Waals surface area contributed by atoms with Gasteiger partial charge in [0, 0.05) is 30.0 Å².